The molecule has 25 heavy (non-hydrogen) atoms. The van der Waals surface area contributed by atoms with Crippen LogP contribution in [0.3, 0.4) is 0 Å². The molecule has 0 fully saturated rings. The van der Waals surface area contributed by atoms with Crippen LogP contribution in [0.25, 0.3) is 10.9 Å². The number of carbonyl (C=O) groups excluding carboxylic acids is 1. The molecule has 0 unspecified atom stereocenters. The largest absolute Gasteiger partial charge is 0.358 e. The molecule has 0 aliphatic heterocycles. The molecule has 0 saturated carbocycles. The summed E-state index contributed by atoms with van der Waals surface area (Å²) in [5.41, 5.74) is 1.17. The zero-order valence-electron chi connectivity index (χ0n) is 13.5. The maximum Gasteiger partial charge on any atom is 0.322 e. The van der Waals surface area contributed by atoms with Crippen molar-refractivity contribution < 1.29 is 9.72 Å². The molecule has 9 nitrogen and oxygen atoms in total. The summed E-state index contributed by atoms with van der Waals surface area (Å²) in [5.74, 6) is -0.725. The van der Waals surface area contributed by atoms with Crippen LogP contribution >= 0.6 is 0 Å². The van der Waals surface area contributed by atoms with E-state index in [0.717, 1.165) is 5.69 Å². The van der Waals surface area contributed by atoms with Gasteiger partial charge in [0, 0.05) is 28.4 Å². The van der Waals surface area contributed by atoms with Crippen molar-refractivity contribution in [1.29, 1.82) is 0 Å². The van der Waals surface area contributed by atoms with Crippen molar-refractivity contribution >= 4 is 28.2 Å². The number of aryl methyl sites for hydroxylation is 2. The number of benzene rings is 1. The summed E-state index contributed by atoms with van der Waals surface area (Å²) < 4.78 is 0. The van der Waals surface area contributed by atoms with Crippen molar-refractivity contribution in [2.75, 3.05) is 5.32 Å². The number of pyridine rings is 1. The van der Waals surface area contributed by atoms with E-state index in [1.54, 1.807) is 12.1 Å². The van der Waals surface area contributed by atoms with Crippen LogP contribution in [0.15, 0.2) is 29.1 Å². The maximum atomic E-state index is 12.3. The average molecular weight is 341 g/mol. The molecular formula is C16H15N5O4. The smallest absolute Gasteiger partial charge is 0.322 e. The predicted octanol–water partition coefficient (Wildman–Crippen LogP) is 2.28. The summed E-state index contributed by atoms with van der Waals surface area (Å²) in [6.45, 7) is 3.40. The maximum absolute atomic E-state index is 12.3. The van der Waals surface area contributed by atoms with Gasteiger partial charge >= 0.3 is 5.69 Å². The minimum Gasteiger partial charge on any atom is -0.358 e. The first-order valence-corrected chi connectivity index (χ1v) is 7.57. The Morgan fingerprint density at radius 1 is 1.36 bits per heavy atom. The van der Waals surface area contributed by atoms with E-state index < -0.39 is 10.8 Å². The van der Waals surface area contributed by atoms with Crippen LogP contribution in [-0.2, 0) is 6.42 Å². The lowest BCUT2D eigenvalue weighted by Crippen LogP contribution is -2.15. The van der Waals surface area contributed by atoms with E-state index in [9.17, 15) is 19.7 Å². The highest BCUT2D eigenvalue weighted by Gasteiger charge is 2.27. The van der Waals surface area contributed by atoms with E-state index >= 15 is 0 Å². The summed E-state index contributed by atoms with van der Waals surface area (Å²) in [6.07, 6.45) is 0.700. The molecule has 0 radical (unpaired) electrons. The normalized spacial score (nSPS) is 10.8. The number of aromatic nitrogens is 3. The van der Waals surface area contributed by atoms with Gasteiger partial charge in [0.2, 0.25) is 5.69 Å². The van der Waals surface area contributed by atoms with E-state index in [-0.39, 0.29) is 22.5 Å². The summed E-state index contributed by atoms with van der Waals surface area (Å²) in [6, 6.07) is 6.32. The van der Waals surface area contributed by atoms with Gasteiger partial charge in [-0.3, -0.25) is 24.8 Å². The van der Waals surface area contributed by atoms with E-state index in [1.807, 2.05) is 6.92 Å². The van der Waals surface area contributed by atoms with Crippen LogP contribution in [0.2, 0.25) is 0 Å². The lowest BCUT2D eigenvalue weighted by atomic mass is 10.1. The molecule has 1 aromatic carbocycles. The molecule has 2 aromatic heterocycles. The van der Waals surface area contributed by atoms with Crippen molar-refractivity contribution in [3.8, 4) is 0 Å². The number of hydrogen-bond acceptors (Lipinski definition) is 5. The minimum atomic E-state index is -0.725. The Bertz CT molecular complexity index is 1050. The van der Waals surface area contributed by atoms with Crippen LogP contribution in [0.4, 0.5) is 11.4 Å². The molecule has 2 heterocycles. The molecule has 0 aliphatic rings. The van der Waals surface area contributed by atoms with Crippen molar-refractivity contribution in [3.63, 3.8) is 0 Å². The number of anilines is 1. The fraction of sp³-hybridized carbons (Fsp3) is 0.188. The molecule has 3 rings (SSSR count). The molecule has 0 saturated heterocycles. The number of hydrogen-bond donors (Lipinski definition) is 3. The van der Waals surface area contributed by atoms with Crippen LogP contribution < -0.4 is 10.7 Å². The number of carbonyl (C=O) groups is 1. The van der Waals surface area contributed by atoms with Gasteiger partial charge in [-0.25, -0.2) is 0 Å². The van der Waals surface area contributed by atoms with Crippen molar-refractivity contribution in [2.24, 2.45) is 0 Å². The second-order valence-electron chi connectivity index (χ2n) is 5.53. The van der Waals surface area contributed by atoms with E-state index in [0.29, 0.717) is 23.0 Å². The topological polar surface area (TPSA) is 134 Å². The van der Waals surface area contributed by atoms with Gasteiger partial charge in [-0.1, -0.05) is 6.92 Å². The van der Waals surface area contributed by atoms with Crippen molar-refractivity contribution in [3.05, 3.63) is 61.7 Å². The predicted molar refractivity (Wildman–Crippen MR) is 91.9 cm³/mol. The third-order valence-electron chi connectivity index (χ3n) is 3.84. The first-order chi connectivity index (χ1) is 11.9. The molecule has 3 N–H and O–H groups in total. The molecule has 0 atom stereocenters. The van der Waals surface area contributed by atoms with Gasteiger partial charge in [0.1, 0.15) is 5.69 Å². The number of fused-ring (bicyclic) bond motifs is 1. The Balaban J connectivity index is 1.96. The van der Waals surface area contributed by atoms with Crippen LogP contribution in [0, 0.1) is 17.0 Å². The summed E-state index contributed by atoms with van der Waals surface area (Å²) >= 11 is 0. The van der Waals surface area contributed by atoms with E-state index in [4.69, 9.17) is 0 Å². The van der Waals surface area contributed by atoms with E-state index in [1.165, 1.54) is 19.1 Å². The summed E-state index contributed by atoms with van der Waals surface area (Å²) in [7, 11) is 0. The third-order valence-corrected chi connectivity index (χ3v) is 3.84. The standard InChI is InChI=1S/C16H15N5O4/c1-3-9-7-13(22)11-6-10(4-5-12(11)17-9)18-16(23)14-15(21(24)25)8(2)19-20-14/h4-7H,3H2,1-2H3,(H,17,22)(H,18,23)(H,19,20). The Kier molecular flexibility index (Phi) is 4.05. The Labute approximate surface area is 141 Å². The second-order valence-corrected chi connectivity index (χ2v) is 5.53. The van der Waals surface area contributed by atoms with Gasteiger partial charge in [-0.15, -0.1) is 0 Å². The van der Waals surface area contributed by atoms with Crippen molar-refractivity contribution in [1.82, 2.24) is 15.2 Å². The van der Waals surface area contributed by atoms with Crippen LogP contribution in [0.5, 0.6) is 0 Å². The van der Waals surface area contributed by atoms with Crippen LogP contribution in [-0.4, -0.2) is 26.0 Å². The number of nitrogens with zero attached hydrogens (tertiary/aromatic N) is 2. The van der Waals surface area contributed by atoms with Gasteiger partial charge in [0.15, 0.2) is 5.43 Å². The monoisotopic (exact) mass is 341 g/mol. The van der Waals surface area contributed by atoms with Crippen LogP contribution in [0.1, 0.15) is 28.8 Å². The zero-order valence-corrected chi connectivity index (χ0v) is 13.5. The fourth-order valence-electron chi connectivity index (χ4n) is 2.57. The molecule has 128 valence electrons. The fourth-order valence-corrected chi connectivity index (χ4v) is 2.57. The van der Waals surface area contributed by atoms with Gasteiger partial charge in [-0.05, 0) is 31.5 Å². The lowest BCUT2D eigenvalue weighted by Gasteiger charge is -2.06. The number of H-pyrrole nitrogens is 2. The molecule has 0 aliphatic carbocycles. The van der Waals surface area contributed by atoms with Gasteiger partial charge in [-0.2, -0.15) is 5.10 Å². The highest BCUT2D eigenvalue weighted by Crippen LogP contribution is 2.22. The Hall–Kier alpha value is -3.49. The molecule has 1 amide bonds. The first kappa shape index (κ1) is 16.4. The molecule has 0 spiro atoms. The molecular weight excluding hydrogens is 326 g/mol. The number of nitrogens with one attached hydrogen (secondary N) is 3. The highest BCUT2D eigenvalue weighted by atomic mass is 16.6. The number of rotatable bonds is 4. The summed E-state index contributed by atoms with van der Waals surface area (Å²) in [5, 5.41) is 20.1. The van der Waals surface area contributed by atoms with Crippen molar-refractivity contribution in [2.45, 2.75) is 20.3 Å². The second kappa shape index (κ2) is 6.19. The number of nitro groups is 1. The SMILES string of the molecule is CCc1cc(=O)c2cc(NC(=O)c3n[nH]c(C)c3[N+](=O)[O-])ccc2[nH]1. The molecule has 9 heteroatoms. The zero-order chi connectivity index (χ0) is 18.1. The molecule has 3 aromatic rings. The average Bonchev–Trinajstić information content (AvgIpc) is 2.97. The number of amides is 1. The minimum absolute atomic E-state index is 0.164. The number of aromatic amines is 2. The van der Waals surface area contributed by atoms with E-state index in [2.05, 4.69) is 20.5 Å². The van der Waals surface area contributed by atoms with Gasteiger partial charge in [0.05, 0.1) is 4.92 Å². The molecule has 0 bridgehead atoms. The van der Waals surface area contributed by atoms with Gasteiger partial charge in [0.25, 0.3) is 5.91 Å². The lowest BCUT2D eigenvalue weighted by molar-refractivity contribution is -0.385. The highest BCUT2D eigenvalue weighted by molar-refractivity contribution is 6.06. The Morgan fingerprint density at radius 3 is 2.80 bits per heavy atom. The summed E-state index contributed by atoms with van der Waals surface area (Å²) in [4.78, 5) is 38.0. The first-order valence-electron chi connectivity index (χ1n) is 7.57. The third kappa shape index (κ3) is 2.99. The van der Waals surface area contributed by atoms with Gasteiger partial charge < -0.3 is 10.3 Å². The quantitative estimate of drug-likeness (QED) is 0.494. The Morgan fingerprint density at radius 2 is 2.12 bits per heavy atom.